The van der Waals surface area contributed by atoms with E-state index in [2.05, 4.69) is 28.7 Å². The minimum Gasteiger partial charge on any atom is -0.372 e. The Morgan fingerprint density at radius 3 is 2.69 bits per heavy atom. The van der Waals surface area contributed by atoms with Crippen LogP contribution in [0.4, 0.5) is 14.7 Å². The van der Waals surface area contributed by atoms with Crippen molar-refractivity contribution < 1.29 is 18.3 Å². The molecule has 2 saturated heterocycles. The van der Waals surface area contributed by atoms with Gasteiger partial charge < -0.3 is 14.5 Å². The quantitative estimate of drug-likeness (QED) is 0.433. The smallest absolute Gasteiger partial charge is 0.255 e. The Balaban J connectivity index is 1.26. The molecule has 2 aliphatic heterocycles. The second-order valence-electron chi connectivity index (χ2n) is 10.1. The van der Waals surface area contributed by atoms with E-state index in [0.29, 0.717) is 30.3 Å². The first kappa shape index (κ1) is 22.8. The number of hydrogen-bond acceptors (Lipinski definition) is 6. The van der Waals surface area contributed by atoms with Gasteiger partial charge in [-0.15, -0.1) is 5.10 Å². The number of hydrogen-bond donors (Lipinski definition) is 0. The van der Waals surface area contributed by atoms with Crippen molar-refractivity contribution in [3.63, 3.8) is 0 Å². The van der Waals surface area contributed by atoms with Gasteiger partial charge >= 0.3 is 0 Å². The highest BCUT2D eigenvalue weighted by Crippen LogP contribution is 2.29. The zero-order chi connectivity index (χ0) is 25.1. The van der Waals surface area contributed by atoms with Crippen LogP contribution in [0, 0.1) is 0 Å². The number of fused-ring (bicyclic) bond motifs is 2. The topological polar surface area (TPSA) is 80.8 Å². The number of ether oxygens (including phenoxy) is 1. The number of pyridine rings is 2. The monoisotopic (exact) mass is 495 g/mol. The lowest BCUT2D eigenvalue weighted by Gasteiger charge is -2.37. The lowest BCUT2D eigenvalue weighted by molar-refractivity contribution is -0.0494. The van der Waals surface area contributed by atoms with Crippen LogP contribution in [0.25, 0.3) is 22.4 Å². The Hall–Kier alpha value is -3.60. The van der Waals surface area contributed by atoms with E-state index in [0.717, 1.165) is 23.3 Å². The Labute approximate surface area is 206 Å². The van der Waals surface area contributed by atoms with Crippen molar-refractivity contribution >= 4 is 28.5 Å². The predicted octanol–water partition coefficient (Wildman–Crippen LogP) is 3.55. The molecule has 0 radical (unpaired) electrons. The highest BCUT2D eigenvalue weighted by molar-refractivity contribution is 5.97. The van der Waals surface area contributed by atoms with E-state index in [4.69, 9.17) is 9.84 Å². The Morgan fingerprint density at radius 2 is 1.92 bits per heavy atom. The molecule has 2 aliphatic rings. The van der Waals surface area contributed by atoms with Gasteiger partial charge in [0.05, 0.1) is 29.7 Å². The molecule has 0 unspecified atom stereocenters. The summed E-state index contributed by atoms with van der Waals surface area (Å²) in [6.45, 7) is 6.29. The van der Waals surface area contributed by atoms with Gasteiger partial charge in [0.25, 0.3) is 11.8 Å². The molecule has 0 aliphatic carbocycles. The van der Waals surface area contributed by atoms with Crippen molar-refractivity contribution in [3.8, 4) is 5.69 Å². The van der Waals surface area contributed by atoms with Crippen molar-refractivity contribution in [2.45, 2.75) is 38.2 Å². The van der Waals surface area contributed by atoms with Gasteiger partial charge in [-0.05, 0) is 38.1 Å². The van der Waals surface area contributed by atoms with Gasteiger partial charge in [0, 0.05) is 56.8 Å². The fourth-order valence-electron chi connectivity index (χ4n) is 4.89. The number of rotatable bonds is 3. The third kappa shape index (κ3) is 4.17. The molecule has 0 saturated carbocycles. The Morgan fingerprint density at radius 1 is 1.11 bits per heavy atom. The van der Waals surface area contributed by atoms with E-state index >= 15 is 0 Å². The third-order valence-corrected chi connectivity index (χ3v) is 6.85. The molecular weight excluding hydrogens is 468 g/mol. The summed E-state index contributed by atoms with van der Waals surface area (Å²) >= 11 is 0. The molecular formula is C25H27F2N7O2. The van der Waals surface area contributed by atoms with Gasteiger partial charge in [0.2, 0.25) is 5.95 Å². The maximum Gasteiger partial charge on any atom is 0.255 e. The minimum absolute atomic E-state index is 0.0484. The summed E-state index contributed by atoms with van der Waals surface area (Å²) in [5.41, 5.74) is 2.42. The SMILES string of the molecule is CC1(C)CN(c2nc3ccc(-n4ccc5cc(C(=O)N6CCC(F)(F)CC6)cnc54)cn3n2)CCO1. The zero-order valence-corrected chi connectivity index (χ0v) is 20.2. The summed E-state index contributed by atoms with van der Waals surface area (Å²) in [6.07, 6.45) is 4.68. The first-order valence-electron chi connectivity index (χ1n) is 12.1. The van der Waals surface area contributed by atoms with E-state index in [-0.39, 0.29) is 37.4 Å². The number of anilines is 1. The number of alkyl halides is 2. The fourth-order valence-corrected chi connectivity index (χ4v) is 4.89. The molecule has 0 N–H and O–H groups in total. The second-order valence-corrected chi connectivity index (χ2v) is 10.1. The highest BCUT2D eigenvalue weighted by Gasteiger charge is 2.36. The molecule has 0 aromatic carbocycles. The van der Waals surface area contributed by atoms with Gasteiger partial charge in [0.1, 0.15) is 5.65 Å². The summed E-state index contributed by atoms with van der Waals surface area (Å²) in [5.74, 6) is -2.30. The number of carbonyl (C=O) groups excluding carboxylic acids is 1. The molecule has 36 heavy (non-hydrogen) atoms. The van der Waals surface area contributed by atoms with Crippen molar-refractivity contribution in [2.24, 2.45) is 0 Å². The van der Waals surface area contributed by atoms with Gasteiger partial charge in [-0.25, -0.2) is 18.3 Å². The van der Waals surface area contributed by atoms with Gasteiger partial charge in [0.15, 0.2) is 5.65 Å². The first-order chi connectivity index (χ1) is 17.2. The van der Waals surface area contributed by atoms with Crippen molar-refractivity contribution in [2.75, 3.05) is 37.7 Å². The molecule has 2 fully saturated rings. The van der Waals surface area contributed by atoms with Crippen molar-refractivity contribution in [3.05, 3.63) is 48.4 Å². The molecule has 11 heteroatoms. The molecule has 9 nitrogen and oxygen atoms in total. The minimum atomic E-state index is -2.69. The molecule has 0 spiro atoms. The van der Waals surface area contributed by atoms with E-state index in [9.17, 15) is 13.6 Å². The molecule has 4 aromatic rings. The molecule has 0 atom stereocenters. The third-order valence-electron chi connectivity index (χ3n) is 6.85. The van der Waals surface area contributed by atoms with Crippen LogP contribution in [0.3, 0.4) is 0 Å². The van der Waals surface area contributed by atoms with Gasteiger partial charge in [-0.1, -0.05) is 0 Å². The largest absolute Gasteiger partial charge is 0.372 e. The number of aromatic nitrogens is 5. The molecule has 6 heterocycles. The van der Waals surface area contributed by atoms with Crippen LogP contribution in [0.1, 0.15) is 37.0 Å². The van der Waals surface area contributed by atoms with Crippen LogP contribution in [0.5, 0.6) is 0 Å². The number of morpholine rings is 1. The highest BCUT2D eigenvalue weighted by atomic mass is 19.3. The molecule has 6 rings (SSSR count). The fraction of sp³-hybridized carbons (Fsp3) is 0.440. The maximum absolute atomic E-state index is 13.5. The number of likely N-dealkylation sites (tertiary alicyclic amines) is 1. The van der Waals surface area contributed by atoms with E-state index < -0.39 is 5.92 Å². The van der Waals surface area contributed by atoms with Crippen molar-refractivity contribution in [1.82, 2.24) is 29.0 Å². The average Bonchev–Trinajstić information content (AvgIpc) is 3.46. The van der Waals surface area contributed by atoms with Crippen LogP contribution < -0.4 is 4.90 Å². The summed E-state index contributed by atoms with van der Waals surface area (Å²) in [6, 6.07) is 7.51. The van der Waals surface area contributed by atoms with E-state index in [1.165, 1.54) is 11.1 Å². The molecule has 188 valence electrons. The van der Waals surface area contributed by atoms with E-state index in [1.807, 2.05) is 35.2 Å². The predicted molar refractivity (Wildman–Crippen MR) is 130 cm³/mol. The zero-order valence-electron chi connectivity index (χ0n) is 20.2. The van der Waals surface area contributed by atoms with Gasteiger partial charge in [-0.2, -0.15) is 4.98 Å². The summed E-state index contributed by atoms with van der Waals surface area (Å²) in [4.78, 5) is 25.7. The Bertz CT molecular complexity index is 1450. The van der Waals surface area contributed by atoms with Crippen LogP contribution in [-0.4, -0.2) is 79.3 Å². The van der Waals surface area contributed by atoms with Crippen molar-refractivity contribution in [1.29, 1.82) is 0 Å². The lowest BCUT2D eigenvalue weighted by Crippen LogP contribution is -2.48. The maximum atomic E-state index is 13.5. The average molecular weight is 496 g/mol. The number of nitrogens with zero attached hydrogens (tertiary/aromatic N) is 7. The number of piperidine rings is 1. The molecule has 4 aromatic heterocycles. The molecule has 1 amide bonds. The summed E-state index contributed by atoms with van der Waals surface area (Å²) in [5, 5.41) is 5.48. The standard InChI is InChI=1S/C25H27F2N7O2/c1-24(2)16-32(11-12-36-24)23-29-20-4-3-19(15-34(20)30-23)33-8-5-17-13-18(14-28-21(17)33)22(35)31-9-6-25(26,27)7-10-31/h3-5,8,13-15H,6-7,9-12,16H2,1-2H3. The number of amides is 1. The van der Waals surface area contributed by atoms with E-state index in [1.54, 1.807) is 10.6 Å². The van der Waals surface area contributed by atoms with Crippen LogP contribution in [0.2, 0.25) is 0 Å². The summed E-state index contributed by atoms with van der Waals surface area (Å²) < 4.78 is 36.4. The van der Waals surface area contributed by atoms with Crippen LogP contribution in [-0.2, 0) is 4.74 Å². The first-order valence-corrected chi connectivity index (χ1v) is 12.1. The Kier molecular flexibility index (Phi) is 5.22. The van der Waals surface area contributed by atoms with Crippen LogP contribution >= 0.6 is 0 Å². The normalized spacial score (nSPS) is 19.8. The molecule has 0 bridgehead atoms. The number of carbonyl (C=O) groups is 1. The second kappa shape index (κ2) is 8.22. The lowest BCUT2D eigenvalue weighted by atomic mass is 10.1. The number of halogens is 2. The van der Waals surface area contributed by atoms with Crippen LogP contribution in [0.15, 0.2) is 42.9 Å². The summed E-state index contributed by atoms with van der Waals surface area (Å²) in [7, 11) is 0. The van der Waals surface area contributed by atoms with Gasteiger partial charge in [-0.3, -0.25) is 9.36 Å².